The smallest absolute Gasteiger partial charge is 0.330 e. The second kappa shape index (κ2) is 7.12. The third-order valence-corrected chi connectivity index (χ3v) is 6.55. The number of hydrogen-bond acceptors (Lipinski definition) is 3. The number of carbonyl (C=O) groups excluding carboxylic acids is 1. The molecular formula is C19H21F6NO2S. The summed E-state index contributed by atoms with van der Waals surface area (Å²) >= 11 is -0.0224. The van der Waals surface area contributed by atoms with E-state index in [0.717, 1.165) is 18.2 Å². The lowest BCUT2D eigenvalue weighted by Crippen LogP contribution is -2.56. The van der Waals surface area contributed by atoms with E-state index < -0.39 is 28.9 Å². The largest absolute Gasteiger partial charge is 0.439 e. The Morgan fingerprint density at radius 1 is 1.17 bits per heavy atom. The van der Waals surface area contributed by atoms with Crippen LogP contribution in [0.15, 0.2) is 11.6 Å². The molecule has 1 saturated carbocycles. The molecular weight excluding hydrogens is 420 g/mol. The maximum Gasteiger partial charge on any atom is 0.439 e. The third-order valence-electron chi connectivity index (χ3n) is 6.13. The average molecular weight is 441 g/mol. The monoisotopic (exact) mass is 441 g/mol. The van der Waals surface area contributed by atoms with Crippen LogP contribution >= 0.6 is 12.0 Å². The molecule has 2 heterocycles. The van der Waals surface area contributed by atoms with E-state index in [4.69, 9.17) is 0 Å². The number of fused-ring (bicyclic) bond motifs is 1. The summed E-state index contributed by atoms with van der Waals surface area (Å²) in [7, 11) is 0. The van der Waals surface area contributed by atoms with Crippen LogP contribution in [-0.4, -0.2) is 47.1 Å². The summed E-state index contributed by atoms with van der Waals surface area (Å²) in [5, 5.41) is 0. The summed E-state index contributed by atoms with van der Waals surface area (Å²) in [4.78, 5) is 14.0. The highest BCUT2D eigenvalue weighted by Gasteiger charge is 2.73. The number of alkyl halides is 6. The lowest BCUT2D eigenvalue weighted by atomic mass is 9.75. The Labute approximate surface area is 169 Å². The first-order valence-electron chi connectivity index (χ1n) is 9.20. The average Bonchev–Trinajstić information content (AvgIpc) is 3.26. The standard InChI is InChI=1S/C19H21F6NO2S/c1-15-7-3-5-14(27)26(15)12-6-13(15)16(10-11-16)8-4-9-17(28-29-2,18(20,21)22)19(23,24)25/h6H,3,5,7-8,10-12H2,1-2H3. The van der Waals surface area contributed by atoms with Crippen molar-refractivity contribution in [3.8, 4) is 11.8 Å². The van der Waals surface area contributed by atoms with Crippen molar-refractivity contribution < 1.29 is 35.3 Å². The van der Waals surface area contributed by atoms with Crippen molar-refractivity contribution in [2.75, 3.05) is 12.8 Å². The van der Waals surface area contributed by atoms with Gasteiger partial charge in [-0.3, -0.25) is 8.98 Å². The van der Waals surface area contributed by atoms with Crippen molar-refractivity contribution in [2.45, 2.75) is 68.9 Å². The van der Waals surface area contributed by atoms with E-state index in [9.17, 15) is 31.1 Å². The first kappa shape index (κ1) is 22.3. The molecule has 0 bridgehead atoms. The minimum absolute atomic E-state index is 0.0217. The number of hydrogen-bond donors (Lipinski definition) is 0. The Hall–Kier alpha value is -1.34. The molecule has 2 fully saturated rings. The maximum atomic E-state index is 13.3. The lowest BCUT2D eigenvalue weighted by Gasteiger charge is -2.43. The molecule has 0 aromatic carbocycles. The van der Waals surface area contributed by atoms with Crippen LogP contribution in [0.25, 0.3) is 0 Å². The third kappa shape index (κ3) is 3.54. The molecule has 162 valence electrons. The Bertz CT molecular complexity index is 760. The van der Waals surface area contributed by atoms with Crippen LogP contribution in [0.2, 0.25) is 0 Å². The summed E-state index contributed by atoms with van der Waals surface area (Å²) < 4.78 is 83.9. The highest BCUT2D eigenvalue weighted by atomic mass is 32.2. The molecule has 10 heteroatoms. The molecule has 1 amide bonds. The van der Waals surface area contributed by atoms with Gasteiger partial charge in [-0.05, 0) is 56.1 Å². The first-order valence-corrected chi connectivity index (χ1v) is 10.3. The molecule has 0 spiro atoms. The van der Waals surface area contributed by atoms with E-state index in [2.05, 4.69) is 10.1 Å². The van der Waals surface area contributed by atoms with Crippen LogP contribution in [-0.2, 0) is 8.98 Å². The lowest BCUT2D eigenvalue weighted by molar-refractivity contribution is -0.330. The summed E-state index contributed by atoms with van der Waals surface area (Å²) in [6, 6.07) is 0. The maximum absolute atomic E-state index is 13.3. The van der Waals surface area contributed by atoms with Gasteiger partial charge in [0.05, 0.1) is 5.54 Å². The zero-order chi connectivity index (χ0) is 21.7. The molecule has 3 aliphatic rings. The van der Waals surface area contributed by atoms with Crippen LogP contribution in [0.1, 0.15) is 45.4 Å². The fourth-order valence-electron chi connectivity index (χ4n) is 4.48. The molecule has 1 aliphatic carbocycles. The minimum atomic E-state index is -5.73. The normalized spacial score (nSPS) is 26.6. The van der Waals surface area contributed by atoms with Gasteiger partial charge in [-0.1, -0.05) is 12.0 Å². The zero-order valence-corrected chi connectivity index (χ0v) is 16.8. The highest BCUT2D eigenvalue weighted by molar-refractivity contribution is 7.94. The molecule has 1 saturated heterocycles. The molecule has 1 atom stereocenters. The highest BCUT2D eigenvalue weighted by Crippen LogP contribution is 2.61. The van der Waals surface area contributed by atoms with Crippen LogP contribution < -0.4 is 0 Å². The molecule has 0 aromatic heterocycles. The van der Waals surface area contributed by atoms with Gasteiger partial charge in [-0.25, -0.2) is 0 Å². The van der Waals surface area contributed by atoms with Crippen molar-refractivity contribution >= 4 is 17.9 Å². The van der Waals surface area contributed by atoms with Gasteiger partial charge in [0, 0.05) is 31.1 Å². The van der Waals surface area contributed by atoms with Gasteiger partial charge in [0.25, 0.3) is 0 Å². The molecule has 3 nitrogen and oxygen atoms in total. The van der Waals surface area contributed by atoms with Crippen LogP contribution in [0, 0.1) is 17.3 Å². The topological polar surface area (TPSA) is 29.5 Å². The molecule has 3 rings (SSSR count). The van der Waals surface area contributed by atoms with Crippen molar-refractivity contribution in [2.24, 2.45) is 5.41 Å². The van der Waals surface area contributed by atoms with Crippen molar-refractivity contribution in [1.29, 1.82) is 0 Å². The summed E-state index contributed by atoms with van der Waals surface area (Å²) in [5.74, 6) is 3.55. The predicted octanol–water partition coefficient (Wildman–Crippen LogP) is 5.03. The number of halogens is 6. The first-order chi connectivity index (χ1) is 13.3. The van der Waals surface area contributed by atoms with Gasteiger partial charge in [0.15, 0.2) is 0 Å². The van der Waals surface area contributed by atoms with E-state index >= 15 is 0 Å². The number of amides is 1. The second-order valence-corrected chi connectivity index (χ2v) is 8.44. The Morgan fingerprint density at radius 2 is 1.79 bits per heavy atom. The van der Waals surface area contributed by atoms with Crippen molar-refractivity contribution in [3.63, 3.8) is 0 Å². The Kier molecular flexibility index (Phi) is 5.49. The molecule has 0 aromatic rings. The summed E-state index contributed by atoms with van der Waals surface area (Å²) in [5.41, 5.74) is -4.72. The molecule has 0 N–H and O–H groups in total. The van der Waals surface area contributed by atoms with Crippen LogP contribution in [0.4, 0.5) is 26.3 Å². The quantitative estimate of drug-likeness (QED) is 0.265. The van der Waals surface area contributed by atoms with E-state index in [1.165, 1.54) is 5.92 Å². The van der Waals surface area contributed by atoms with Crippen LogP contribution in [0.3, 0.4) is 0 Å². The molecule has 2 aliphatic heterocycles. The van der Waals surface area contributed by atoms with Gasteiger partial charge in [-0.15, -0.1) is 0 Å². The summed E-state index contributed by atoms with van der Waals surface area (Å²) in [6.07, 6.45) is -5.59. The van der Waals surface area contributed by atoms with Gasteiger partial charge in [0.2, 0.25) is 5.91 Å². The van der Waals surface area contributed by atoms with Crippen molar-refractivity contribution in [1.82, 2.24) is 4.90 Å². The molecule has 29 heavy (non-hydrogen) atoms. The summed E-state index contributed by atoms with van der Waals surface area (Å²) in [6.45, 7) is 2.34. The molecule has 0 radical (unpaired) electrons. The van der Waals surface area contributed by atoms with Crippen molar-refractivity contribution in [3.05, 3.63) is 11.6 Å². The Balaban J connectivity index is 1.88. The fraction of sp³-hybridized carbons (Fsp3) is 0.737. The van der Waals surface area contributed by atoms with Gasteiger partial charge < -0.3 is 4.90 Å². The van der Waals surface area contributed by atoms with Gasteiger partial charge in [0.1, 0.15) is 0 Å². The number of nitrogens with zero attached hydrogens (tertiary/aromatic N) is 1. The van der Waals surface area contributed by atoms with E-state index in [1.807, 2.05) is 13.0 Å². The van der Waals surface area contributed by atoms with Gasteiger partial charge >= 0.3 is 18.0 Å². The Morgan fingerprint density at radius 3 is 2.31 bits per heavy atom. The minimum Gasteiger partial charge on any atom is -0.330 e. The van der Waals surface area contributed by atoms with Crippen LogP contribution in [0.5, 0.6) is 0 Å². The van der Waals surface area contributed by atoms with E-state index in [-0.39, 0.29) is 24.4 Å². The number of piperidine rings is 1. The zero-order valence-electron chi connectivity index (χ0n) is 16.0. The SMILES string of the molecule is CSOC(C#CCC1(C2=CCN3C(=O)CCCC23C)CC1)(C(F)(F)F)C(F)(F)F. The second-order valence-electron chi connectivity index (χ2n) is 7.94. The fourth-order valence-corrected chi connectivity index (χ4v) is 4.96. The number of rotatable bonds is 4. The molecule has 1 unspecified atom stereocenters. The van der Waals surface area contributed by atoms with Gasteiger partial charge in [-0.2, -0.15) is 26.3 Å². The predicted molar refractivity (Wildman–Crippen MR) is 95.6 cm³/mol. The van der Waals surface area contributed by atoms with E-state index in [1.54, 1.807) is 4.90 Å². The van der Waals surface area contributed by atoms with E-state index in [0.29, 0.717) is 32.2 Å². The number of carbonyl (C=O) groups is 1.